The van der Waals surface area contributed by atoms with E-state index in [0.717, 1.165) is 11.5 Å². The Kier molecular flexibility index (Phi) is 5.64. The van der Waals surface area contributed by atoms with Gasteiger partial charge in [0.1, 0.15) is 5.04 Å². The van der Waals surface area contributed by atoms with Gasteiger partial charge in [-0.25, -0.2) is 4.79 Å². The molecule has 0 rings (SSSR count). The van der Waals surface area contributed by atoms with Crippen LogP contribution in [-0.2, 0) is 4.84 Å². The van der Waals surface area contributed by atoms with Gasteiger partial charge in [-0.15, -0.1) is 11.8 Å². The van der Waals surface area contributed by atoms with Crippen molar-refractivity contribution in [2.75, 3.05) is 13.3 Å². The predicted octanol–water partition coefficient (Wildman–Crippen LogP) is 1.43. The monoisotopic (exact) mass is 176 g/mol. The lowest BCUT2D eigenvalue weighted by Gasteiger charge is -1.97. The quantitative estimate of drug-likeness (QED) is 0.300. The molecule has 0 radical (unpaired) electrons. The maximum atomic E-state index is 10.5. The summed E-state index contributed by atoms with van der Waals surface area (Å²) in [6.07, 6.45) is 2.12. The van der Waals surface area contributed by atoms with Gasteiger partial charge < -0.3 is 5.32 Å². The van der Waals surface area contributed by atoms with Crippen LogP contribution in [0.15, 0.2) is 5.16 Å². The molecule has 0 saturated heterocycles. The van der Waals surface area contributed by atoms with Crippen LogP contribution in [0.25, 0.3) is 0 Å². The highest BCUT2D eigenvalue weighted by molar-refractivity contribution is 8.13. The van der Waals surface area contributed by atoms with Crippen molar-refractivity contribution in [3.63, 3.8) is 0 Å². The van der Waals surface area contributed by atoms with Gasteiger partial charge in [-0.2, -0.15) is 0 Å². The van der Waals surface area contributed by atoms with Crippen LogP contribution in [0.4, 0.5) is 4.79 Å². The Labute approximate surface area is 70.4 Å². The van der Waals surface area contributed by atoms with Crippen LogP contribution in [0.2, 0.25) is 0 Å². The van der Waals surface area contributed by atoms with Crippen molar-refractivity contribution >= 4 is 22.9 Å². The third kappa shape index (κ3) is 4.66. The summed E-state index contributed by atoms with van der Waals surface area (Å²) in [7, 11) is 1.49. The molecular formula is C6H12N2O2S. The Bertz CT molecular complexity index is 153. The molecule has 0 fully saturated rings. The SMILES string of the molecule is CCC(=NOC(=O)NC)SC. The number of carbonyl (C=O) groups excluding carboxylic acids is 1. The minimum absolute atomic E-state index is 0.537. The number of thioether (sulfide) groups is 1. The molecule has 5 heteroatoms. The summed E-state index contributed by atoms with van der Waals surface area (Å²) in [5.74, 6) is 0. The number of nitrogens with one attached hydrogen (secondary N) is 1. The van der Waals surface area contributed by atoms with E-state index >= 15 is 0 Å². The van der Waals surface area contributed by atoms with Crippen LogP contribution in [0.1, 0.15) is 13.3 Å². The minimum Gasteiger partial charge on any atom is -0.323 e. The zero-order valence-corrected chi connectivity index (χ0v) is 7.70. The van der Waals surface area contributed by atoms with Crippen LogP contribution in [-0.4, -0.2) is 24.4 Å². The normalized spacial score (nSPS) is 11.0. The van der Waals surface area contributed by atoms with Gasteiger partial charge >= 0.3 is 6.09 Å². The van der Waals surface area contributed by atoms with Gasteiger partial charge in [0, 0.05) is 7.05 Å². The van der Waals surface area contributed by atoms with E-state index < -0.39 is 6.09 Å². The lowest BCUT2D eigenvalue weighted by atomic mass is 10.5. The summed E-state index contributed by atoms with van der Waals surface area (Å²) in [6.45, 7) is 1.95. The lowest BCUT2D eigenvalue weighted by molar-refractivity contribution is 0.153. The first-order valence-electron chi connectivity index (χ1n) is 3.24. The second-order valence-electron chi connectivity index (χ2n) is 1.67. The van der Waals surface area contributed by atoms with Crippen molar-refractivity contribution in [2.24, 2.45) is 5.16 Å². The Hall–Kier alpha value is -0.710. The number of amides is 1. The fourth-order valence-electron chi connectivity index (χ4n) is 0.384. The standard InChI is InChI=1S/C6H12N2O2S/c1-4-5(11-3)8-10-6(9)7-2/h4H2,1-3H3,(H,7,9). The van der Waals surface area contributed by atoms with Gasteiger partial charge in [-0.1, -0.05) is 12.1 Å². The maximum absolute atomic E-state index is 10.5. The van der Waals surface area contributed by atoms with E-state index in [0.29, 0.717) is 0 Å². The van der Waals surface area contributed by atoms with Gasteiger partial charge in [0.05, 0.1) is 0 Å². The summed E-state index contributed by atoms with van der Waals surface area (Å²) in [5, 5.41) is 6.69. The number of hydrogen-bond donors (Lipinski definition) is 1. The Morgan fingerprint density at radius 3 is 2.73 bits per heavy atom. The molecule has 0 heterocycles. The molecule has 0 aromatic heterocycles. The van der Waals surface area contributed by atoms with Crippen molar-refractivity contribution in [2.45, 2.75) is 13.3 Å². The fourth-order valence-corrected chi connectivity index (χ4v) is 0.785. The second-order valence-corrected chi connectivity index (χ2v) is 2.55. The van der Waals surface area contributed by atoms with Crippen LogP contribution in [0.5, 0.6) is 0 Å². The first kappa shape index (κ1) is 10.3. The molecule has 1 amide bonds. The minimum atomic E-state index is -0.537. The number of oxime groups is 1. The highest BCUT2D eigenvalue weighted by Gasteiger charge is 1.97. The van der Waals surface area contributed by atoms with Crippen molar-refractivity contribution < 1.29 is 9.63 Å². The zero-order chi connectivity index (χ0) is 8.69. The van der Waals surface area contributed by atoms with Gasteiger partial charge in [0.2, 0.25) is 0 Å². The van der Waals surface area contributed by atoms with E-state index in [1.807, 2.05) is 13.2 Å². The van der Waals surface area contributed by atoms with Gasteiger partial charge in [-0.3, -0.25) is 4.84 Å². The number of nitrogens with zero attached hydrogens (tertiary/aromatic N) is 1. The Balaban J connectivity index is 3.78. The van der Waals surface area contributed by atoms with Crippen LogP contribution in [0.3, 0.4) is 0 Å². The third-order valence-corrected chi connectivity index (χ3v) is 1.81. The molecule has 0 aromatic carbocycles. The molecule has 0 aliphatic heterocycles. The second kappa shape index (κ2) is 6.03. The van der Waals surface area contributed by atoms with Crippen LogP contribution in [0, 0.1) is 0 Å². The summed E-state index contributed by atoms with van der Waals surface area (Å²) in [6, 6.07) is 0. The van der Waals surface area contributed by atoms with E-state index in [1.54, 1.807) is 0 Å². The van der Waals surface area contributed by atoms with Crippen molar-refractivity contribution in [1.82, 2.24) is 5.32 Å². The molecule has 0 atom stereocenters. The van der Waals surface area contributed by atoms with E-state index in [2.05, 4.69) is 15.3 Å². The van der Waals surface area contributed by atoms with Gasteiger partial charge in [0.15, 0.2) is 0 Å². The van der Waals surface area contributed by atoms with Crippen molar-refractivity contribution in [3.8, 4) is 0 Å². The summed E-state index contributed by atoms with van der Waals surface area (Å²) in [5.41, 5.74) is 0. The number of carbonyl (C=O) groups is 1. The molecule has 0 bridgehead atoms. The molecule has 0 saturated carbocycles. The first-order chi connectivity index (χ1) is 5.24. The fraction of sp³-hybridized carbons (Fsp3) is 0.667. The molecule has 0 unspecified atom stereocenters. The first-order valence-corrected chi connectivity index (χ1v) is 4.46. The van der Waals surface area contributed by atoms with Crippen molar-refractivity contribution in [1.29, 1.82) is 0 Å². The predicted molar refractivity (Wildman–Crippen MR) is 46.8 cm³/mol. The van der Waals surface area contributed by atoms with E-state index in [-0.39, 0.29) is 0 Å². The number of hydrogen-bond acceptors (Lipinski definition) is 4. The van der Waals surface area contributed by atoms with Crippen molar-refractivity contribution in [3.05, 3.63) is 0 Å². The molecule has 0 aromatic rings. The smallest absolute Gasteiger partial charge is 0.323 e. The third-order valence-electron chi connectivity index (χ3n) is 0.973. The van der Waals surface area contributed by atoms with Crippen LogP contribution < -0.4 is 5.32 Å². The average molecular weight is 176 g/mol. The van der Waals surface area contributed by atoms with E-state index in [4.69, 9.17) is 0 Å². The summed E-state index contributed by atoms with van der Waals surface area (Å²) in [4.78, 5) is 15.0. The molecule has 4 nitrogen and oxygen atoms in total. The summed E-state index contributed by atoms with van der Waals surface area (Å²) < 4.78 is 0. The maximum Gasteiger partial charge on any atom is 0.433 e. The highest BCUT2D eigenvalue weighted by atomic mass is 32.2. The zero-order valence-electron chi connectivity index (χ0n) is 6.88. The largest absolute Gasteiger partial charge is 0.433 e. The van der Waals surface area contributed by atoms with E-state index in [1.165, 1.54) is 18.8 Å². The summed E-state index contributed by atoms with van der Waals surface area (Å²) >= 11 is 1.47. The topological polar surface area (TPSA) is 50.7 Å². The lowest BCUT2D eigenvalue weighted by Crippen LogP contribution is -2.17. The highest BCUT2D eigenvalue weighted by Crippen LogP contribution is 2.02. The van der Waals surface area contributed by atoms with Crippen LogP contribution >= 0.6 is 11.8 Å². The Morgan fingerprint density at radius 1 is 1.73 bits per heavy atom. The molecular weight excluding hydrogens is 164 g/mol. The average Bonchev–Trinajstić information content (AvgIpc) is 2.06. The molecule has 0 aliphatic carbocycles. The molecule has 11 heavy (non-hydrogen) atoms. The number of rotatable bonds is 2. The van der Waals surface area contributed by atoms with Gasteiger partial charge in [-0.05, 0) is 12.7 Å². The molecule has 1 N–H and O–H groups in total. The Morgan fingerprint density at radius 2 is 2.36 bits per heavy atom. The van der Waals surface area contributed by atoms with Gasteiger partial charge in [0.25, 0.3) is 0 Å². The molecule has 0 aliphatic rings. The molecule has 64 valence electrons. The molecule has 0 spiro atoms. The van der Waals surface area contributed by atoms with E-state index in [9.17, 15) is 4.79 Å².